The lowest BCUT2D eigenvalue weighted by molar-refractivity contribution is 0.628. The highest BCUT2D eigenvalue weighted by atomic mass is 35.5. The van der Waals surface area contributed by atoms with Crippen molar-refractivity contribution in [1.82, 2.24) is 5.43 Å². The summed E-state index contributed by atoms with van der Waals surface area (Å²) < 4.78 is 0. The van der Waals surface area contributed by atoms with Gasteiger partial charge in [-0.3, -0.25) is 5.84 Å². The first-order valence-corrected chi connectivity index (χ1v) is 7.21. The number of hydrogen-bond acceptors (Lipinski definition) is 3. The summed E-state index contributed by atoms with van der Waals surface area (Å²) in [6.07, 6.45) is 2.06. The van der Waals surface area contributed by atoms with Crippen LogP contribution < -0.4 is 11.3 Å². The molecule has 1 atom stereocenters. The summed E-state index contributed by atoms with van der Waals surface area (Å²) in [5.41, 5.74) is 5.15. The molecule has 4 heteroatoms. The molecular formula is C14H15ClN2S. The third kappa shape index (κ3) is 2.87. The highest BCUT2D eigenvalue weighted by Crippen LogP contribution is 2.30. The molecule has 0 aliphatic heterocycles. The minimum Gasteiger partial charge on any atom is -0.271 e. The molecule has 3 N–H and O–H groups in total. The molecule has 0 spiro atoms. The third-order valence-corrected chi connectivity index (χ3v) is 3.88. The minimum absolute atomic E-state index is 0.0223. The molecule has 0 aliphatic rings. The van der Waals surface area contributed by atoms with E-state index in [2.05, 4.69) is 23.8 Å². The lowest BCUT2D eigenvalue weighted by atomic mass is 9.99. The number of halogens is 1. The van der Waals surface area contributed by atoms with E-state index in [-0.39, 0.29) is 6.04 Å². The van der Waals surface area contributed by atoms with E-state index in [1.165, 1.54) is 10.5 Å². The van der Waals surface area contributed by atoms with E-state index >= 15 is 0 Å². The number of rotatable bonds is 4. The molecule has 0 fully saturated rings. The Hall–Kier alpha value is -1.00. The molecule has 2 aromatic carbocycles. The van der Waals surface area contributed by atoms with Crippen molar-refractivity contribution in [3.8, 4) is 0 Å². The smallest absolute Gasteiger partial charge is 0.0720 e. The molecule has 0 bridgehead atoms. The second-order valence-electron chi connectivity index (χ2n) is 3.89. The van der Waals surface area contributed by atoms with Crippen LogP contribution in [0.3, 0.4) is 0 Å². The maximum atomic E-state index is 5.91. The molecule has 2 aromatic rings. The van der Waals surface area contributed by atoms with Crippen LogP contribution in [0.2, 0.25) is 5.02 Å². The van der Waals surface area contributed by atoms with Crippen LogP contribution in [-0.4, -0.2) is 6.26 Å². The molecule has 94 valence electrons. The van der Waals surface area contributed by atoms with Crippen molar-refractivity contribution in [2.75, 3.05) is 6.26 Å². The van der Waals surface area contributed by atoms with Gasteiger partial charge in [0.05, 0.1) is 6.04 Å². The van der Waals surface area contributed by atoms with Crippen molar-refractivity contribution in [2.45, 2.75) is 10.9 Å². The second-order valence-corrected chi connectivity index (χ2v) is 5.18. The second kappa shape index (κ2) is 6.25. The Morgan fingerprint density at radius 2 is 1.78 bits per heavy atom. The zero-order valence-corrected chi connectivity index (χ0v) is 11.6. The maximum Gasteiger partial charge on any atom is 0.0720 e. The van der Waals surface area contributed by atoms with Crippen LogP contribution in [0.15, 0.2) is 53.4 Å². The monoisotopic (exact) mass is 278 g/mol. The van der Waals surface area contributed by atoms with Crippen molar-refractivity contribution < 1.29 is 0 Å². The summed E-state index contributed by atoms with van der Waals surface area (Å²) in [5, 5.41) is 0.729. The van der Waals surface area contributed by atoms with E-state index in [0.29, 0.717) is 0 Å². The first-order valence-electron chi connectivity index (χ1n) is 5.60. The van der Waals surface area contributed by atoms with Crippen molar-refractivity contribution in [3.05, 3.63) is 64.7 Å². The summed E-state index contributed by atoms with van der Waals surface area (Å²) in [7, 11) is 0. The molecule has 2 rings (SSSR count). The maximum absolute atomic E-state index is 5.91. The van der Waals surface area contributed by atoms with Crippen molar-refractivity contribution >= 4 is 23.4 Å². The average Bonchev–Trinajstić information content (AvgIpc) is 2.42. The lowest BCUT2D eigenvalue weighted by Gasteiger charge is -2.19. The largest absolute Gasteiger partial charge is 0.271 e. The average molecular weight is 279 g/mol. The Bertz CT molecular complexity index is 513. The highest BCUT2D eigenvalue weighted by Gasteiger charge is 2.15. The highest BCUT2D eigenvalue weighted by molar-refractivity contribution is 7.98. The van der Waals surface area contributed by atoms with E-state index in [1.54, 1.807) is 11.8 Å². The van der Waals surface area contributed by atoms with Crippen LogP contribution in [0.4, 0.5) is 0 Å². The first-order chi connectivity index (χ1) is 8.76. The zero-order valence-electron chi connectivity index (χ0n) is 10.1. The van der Waals surface area contributed by atoms with E-state index in [0.717, 1.165) is 10.6 Å². The molecule has 2 nitrogen and oxygen atoms in total. The number of thioether (sulfide) groups is 1. The van der Waals surface area contributed by atoms with E-state index in [4.69, 9.17) is 17.4 Å². The molecular weight excluding hydrogens is 264 g/mol. The number of hydrogen-bond donors (Lipinski definition) is 2. The van der Waals surface area contributed by atoms with Crippen LogP contribution in [0.25, 0.3) is 0 Å². The van der Waals surface area contributed by atoms with Crippen LogP contribution in [-0.2, 0) is 0 Å². The van der Waals surface area contributed by atoms with Gasteiger partial charge in [-0.15, -0.1) is 11.8 Å². The minimum atomic E-state index is -0.0223. The van der Waals surface area contributed by atoms with Gasteiger partial charge in [0, 0.05) is 9.92 Å². The summed E-state index contributed by atoms with van der Waals surface area (Å²) in [4.78, 5) is 1.22. The molecule has 0 aliphatic carbocycles. The normalized spacial score (nSPS) is 12.4. The van der Waals surface area contributed by atoms with Gasteiger partial charge in [0.2, 0.25) is 0 Å². The summed E-state index contributed by atoms with van der Waals surface area (Å²) in [6, 6.07) is 16.0. The molecule has 18 heavy (non-hydrogen) atoms. The fourth-order valence-electron chi connectivity index (χ4n) is 1.93. The Kier molecular flexibility index (Phi) is 4.66. The standard InChI is InChI=1S/C14H15ClN2S/c1-18-13-5-3-2-4-12(13)14(17-16)10-6-8-11(15)9-7-10/h2-9,14,17H,16H2,1H3. The van der Waals surface area contributed by atoms with Crippen molar-refractivity contribution in [3.63, 3.8) is 0 Å². The van der Waals surface area contributed by atoms with Crippen LogP contribution in [0.1, 0.15) is 17.2 Å². The van der Waals surface area contributed by atoms with Gasteiger partial charge in [-0.05, 0) is 35.6 Å². The van der Waals surface area contributed by atoms with Gasteiger partial charge in [0.1, 0.15) is 0 Å². The lowest BCUT2D eigenvalue weighted by Crippen LogP contribution is -2.29. The van der Waals surface area contributed by atoms with Gasteiger partial charge in [-0.1, -0.05) is 41.9 Å². The topological polar surface area (TPSA) is 38.0 Å². The Labute approximate surface area is 117 Å². The third-order valence-electron chi connectivity index (χ3n) is 2.82. The van der Waals surface area contributed by atoms with Crippen molar-refractivity contribution in [1.29, 1.82) is 0 Å². The SMILES string of the molecule is CSc1ccccc1C(NN)c1ccc(Cl)cc1. The molecule has 1 unspecified atom stereocenters. The fourth-order valence-corrected chi connectivity index (χ4v) is 2.69. The quantitative estimate of drug-likeness (QED) is 0.510. The Morgan fingerprint density at radius 1 is 1.11 bits per heavy atom. The van der Waals surface area contributed by atoms with Gasteiger partial charge < -0.3 is 0 Å². The van der Waals surface area contributed by atoms with E-state index < -0.39 is 0 Å². The van der Waals surface area contributed by atoms with Crippen LogP contribution >= 0.6 is 23.4 Å². The molecule has 0 heterocycles. The van der Waals surface area contributed by atoms with E-state index in [1.807, 2.05) is 36.4 Å². The summed E-state index contributed by atoms with van der Waals surface area (Å²) in [6.45, 7) is 0. The van der Waals surface area contributed by atoms with Gasteiger partial charge in [0.25, 0.3) is 0 Å². The zero-order chi connectivity index (χ0) is 13.0. The molecule has 0 radical (unpaired) electrons. The predicted octanol–water partition coefficient (Wildman–Crippen LogP) is 3.61. The molecule has 0 amide bonds. The van der Waals surface area contributed by atoms with Crippen molar-refractivity contribution in [2.24, 2.45) is 5.84 Å². The Balaban J connectivity index is 2.41. The summed E-state index contributed by atoms with van der Waals surface area (Å²) >= 11 is 7.62. The first kappa shape index (κ1) is 13.4. The van der Waals surface area contributed by atoms with Gasteiger partial charge >= 0.3 is 0 Å². The molecule has 0 saturated heterocycles. The predicted molar refractivity (Wildman–Crippen MR) is 78.8 cm³/mol. The number of benzene rings is 2. The molecule has 0 saturated carbocycles. The van der Waals surface area contributed by atoms with Crippen LogP contribution in [0.5, 0.6) is 0 Å². The van der Waals surface area contributed by atoms with Gasteiger partial charge in [0.15, 0.2) is 0 Å². The van der Waals surface area contributed by atoms with Crippen LogP contribution in [0, 0.1) is 0 Å². The van der Waals surface area contributed by atoms with Gasteiger partial charge in [-0.2, -0.15) is 0 Å². The fraction of sp³-hybridized carbons (Fsp3) is 0.143. The number of nitrogens with two attached hydrogens (primary N) is 1. The Morgan fingerprint density at radius 3 is 2.39 bits per heavy atom. The number of nitrogens with one attached hydrogen (secondary N) is 1. The van der Waals surface area contributed by atoms with Gasteiger partial charge in [-0.25, -0.2) is 5.43 Å². The summed E-state index contributed by atoms with van der Waals surface area (Å²) in [5.74, 6) is 5.71. The molecule has 0 aromatic heterocycles. The number of hydrazine groups is 1. The van der Waals surface area contributed by atoms with E-state index in [9.17, 15) is 0 Å².